The number of hydrogen-bond donors (Lipinski definition) is 0. The summed E-state index contributed by atoms with van der Waals surface area (Å²) in [6.07, 6.45) is 0. The van der Waals surface area contributed by atoms with Gasteiger partial charge in [-0.2, -0.15) is 0 Å². The van der Waals surface area contributed by atoms with E-state index in [-0.39, 0.29) is 10.6 Å². The molecule has 0 unspecified atom stereocenters. The Morgan fingerprint density at radius 3 is 2.64 bits per heavy atom. The molecule has 4 rings (SSSR count). The summed E-state index contributed by atoms with van der Waals surface area (Å²) in [6, 6.07) is 14.9. The summed E-state index contributed by atoms with van der Waals surface area (Å²) in [5.41, 5.74) is 4.83. The Morgan fingerprint density at radius 1 is 1.11 bits per heavy atom. The van der Waals surface area contributed by atoms with Gasteiger partial charge in [0.05, 0.1) is 14.6 Å². The molecule has 0 amide bonds. The van der Waals surface area contributed by atoms with Crippen molar-refractivity contribution in [3.63, 3.8) is 0 Å². The van der Waals surface area contributed by atoms with Crippen LogP contribution in [0.25, 0.3) is 21.5 Å². The lowest BCUT2D eigenvalue weighted by Crippen LogP contribution is -1.93. The molecule has 2 aromatic heterocycles. The average Bonchev–Trinajstić information content (AvgIpc) is 3.08. The van der Waals surface area contributed by atoms with Crippen LogP contribution < -0.4 is 0 Å². The van der Waals surface area contributed by atoms with E-state index in [2.05, 4.69) is 34.2 Å². The summed E-state index contributed by atoms with van der Waals surface area (Å²) in [6.45, 7) is 4.02. The van der Waals surface area contributed by atoms with E-state index in [1.165, 1.54) is 23.4 Å². The summed E-state index contributed by atoms with van der Waals surface area (Å²) in [4.78, 5) is 15.2. The summed E-state index contributed by atoms with van der Waals surface area (Å²) in [5, 5.41) is 21.5. The van der Waals surface area contributed by atoms with Gasteiger partial charge in [0.15, 0.2) is 0 Å². The molecule has 0 N–H and O–H groups in total. The Bertz CT molecular complexity index is 1170. The normalized spacial score (nSPS) is 11.1. The number of thioether (sulfide) groups is 1. The maximum Gasteiger partial charge on any atom is 0.269 e. The van der Waals surface area contributed by atoms with Crippen LogP contribution in [0.5, 0.6) is 0 Å². The van der Waals surface area contributed by atoms with E-state index in [1.807, 2.05) is 25.1 Å². The van der Waals surface area contributed by atoms with Crippen LogP contribution in [0.4, 0.5) is 5.69 Å². The second kappa shape index (κ2) is 7.65. The Labute approximate surface area is 169 Å². The maximum atomic E-state index is 11.0. The number of aromatic nitrogens is 3. The zero-order valence-corrected chi connectivity index (χ0v) is 16.9. The highest BCUT2D eigenvalue weighted by molar-refractivity contribution is 7.98. The van der Waals surface area contributed by atoms with Crippen LogP contribution in [0.3, 0.4) is 0 Å². The van der Waals surface area contributed by atoms with E-state index >= 15 is 0 Å². The number of aryl methyl sites for hydroxylation is 2. The molecule has 0 saturated carbocycles. The predicted molar refractivity (Wildman–Crippen MR) is 113 cm³/mol. The molecule has 0 fully saturated rings. The van der Waals surface area contributed by atoms with Gasteiger partial charge in [0.2, 0.25) is 0 Å². The molecule has 0 radical (unpaired) electrons. The maximum absolute atomic E-state index is 11.0. The van der Waals surface area contributed by atoms with Gasteiger partial charge in [-0.1, -0.05) is 53.7 Å². The molecule has 140 valence electrons. The predicted octanol–water partition coefficient (Wildman–Crippen LogP) is 5.57. The van der Waals surface area contributed by atoms with Crippen LogP contribution in [0.2, 0.25) is 0 Å². The number of non-ortho nitro benzene ring substituents is 1. The molecule has 0 aliphatic heterocycles. The van der Waals surface area contributed by atoms with Crippen molar-refractivity contribution in [3.05, 3.63) is 74.8 Å². The largest absolute Gasteiger partial charge is 0.269 e. The van der Waals surface area contributed by atoms with Crippen molar-refractivity contribution in [3.8, 4) is 11.3 Å². The van der Waals surface area contributed by atoms with Crippen LogP contribution in [0.1, 0.15) is 16.1 Å². The molecule has 0 aliphatic rings. The first-order valence-electron chi connectivity index (χ1n) is 8.58. The van der Waals surface area contributed by atoms with Crippen molar-refractivity contribution in [2.24, 2.45) is 0 Å². The zero-order valence-electron chi connectivity index (χ0n) is 15.2. The van der Waals surface area contributed by atoms with Crippen LogP contribution in [0.15, 0.2) is 53.6 Å². The van der Waals surface area contributed by atoms with Crippen molar-refractivity contribution in [2.45, 2.75) is 24.6 Å². The number of rotatable bonds is 5. The highest BCUT2D eigenvalue weighted by atomic mass is 32.2. The summed E-state index contributed by atoms with van der Waals surface area (Å²) in [5.74, 6) is 0.561. The van der Waals surface area contributed by atoms with E-state index in [0.29, 0.717) is 5.75 Å². The number of benzene rings is 2. The molecule has 0 atom stereocenters. The van der Waals surface area contributed by atoms with Gasteiger partial charge in [-0.15, -0.1) is 21.5 Å². The first kappa shape index (κ1) is 18.5. The molecule has 0 bridgehead atoms. The first-order chi connectivity index (χ1) is 13.5. The summed E-state index contributed by atoms with van der Waals surface area (Å²) in [7, 11) is 0. The minimum atomic E-state index is -0.383. The standard InChI is InChI=1S/C20H16N4O2S2/c1-12-6-8-15(9-7-12)17-19-18(21-13(2)28-19)20(23-22-17)27-11-14-4-3-5-16(10-14)24(25)26/h3-10H,11H2,1-2H3. The number of nitro benzene ring substituents is 1. The van der Waals surface area contributed by atoms with Crippen LogP contribution in [-0.2, 0) is 5.75 Å². The molecule has 2 heterocycles. The minimum absolute atomic E-state index is 0.0913. The van der Waals surface area contributed by atoms with E-state index in [4.69, 9.17) is 0 Å². The Morgan fingerprint density at radius 2 is 1.89 bits per heavy atom. The third-order valence-corrected chi connectivity index (χ3v) is 6.22. The van der Waals surface area contributed by atoms with E-state index in [0.717, 1.165) is 37.1 Å². The molecule has 8 heteroatoms. The van der Waals surface area contributed by atoms with Gasteiger partial charge in [0.1, 0.15) is 16.2 Å². The smallest absolute Gasteiger partial charge is 0.258 e. The van der Waals surface area contributed by atoms with E-state index < -0.39 is 0 Å². The number of thiazole rings is 1. The molecule has 0 aliphatic carbocycles. The third kappa shape index (κ3) is 3.74. The second-order valence-electron chi connectivity index (χ2n) is 6.35. The molecule has 6 nitrogen and oxygen atoms in total. The highest BCUT2D eigenvalue weighted by Gasteiger charge is 2.16. The highest BCUT2D eigenvalue weighted by Crippen LogP contribution is 2.36. The summed E-state index contributed by atoms with van der Waals surface area (Å²) < 4.78 is 1.01. The summed E-state index contributed by atoms with van der Waals surface area (Å²) >= 11 is 3.09. The number of nitrogens with zero attached hydrogens (tertiary/aromatic N) is 4. The van der Waals surface area contributed by atoms with Gasteiger partial charge in [0, 0.05) is 23.4 Å². The van der Waals surface area contributed by atoms with Gasteiger partial charge >= 0.3 is 0 Å². The molecule has 28 heavy (non-hydrogen) atoms. The number of hydrogen-bond acceptors (Lipinski definition) is 7. The Hall–Kier alpha value is -2.84. The number of fused-ring (bicyclic) bond motifs is 1. The number of nitro groups is 1. The second-order valence-corrected chi connectivity index (χ2v) is 8.51. The Kier molecular flexibility index (Phi) is 5.06. The van der Waals surface area contributed by atoms with Crippen LogP contribution >= 0.6 is 23.1 Å². The van der Waals surface area contributed by atoms with Gasteiger partial charge in [-0.3, -0.25) is 10.1 Å². The minimum Gasteiger partial charge on any atom is -0.258 e. The van der Waals surface area contributed by atoms with Crippen molar-refractivity contribution in [1.82, 2.24) is 15.2 Å². The van der Waals surface area contributed by atoms with E-state index in [1.54, 1.807) is 23.5 Å². The lowest BCUT2D eigenvalue weighted by Gasteiger charge is -2.06. The fourth-order valence-electron chi connectivity index (χ4n) is 2.83. The fourth-order valence-corrected chi connectivity index (χ4v) is 4.69. The van der Waals surface area contributed by atoms with Gasteiger partial charge in [0.25, 0.3) is 5.69 Å². The van der Waals surface area contributed by atoms with E-state index in [9.17, 15) is 10.1 Å². The fraction of sp³-hybridized carbons (Fsp3) is 0.150. The average molecular weight is 409 g/mol. The monoisotopic (exact) mass is 408 g/mol. The van der Waals surface area contributed by atoms with Crippen molar-refractivity contribution in [1.29, 1.82) is 0 Å². The SMILES string of the molecule is Cc1ccc(-c2nnc(SCc3cccc([N+](=O)[O-])c3)c3nc(C)sc23)cc1. The van der Waals surface area contributed by atoms with Crippen molar-refractivity contribution in [2.75, 3.05) is 0 Å². The molecule has 0 spiro atoms. The first-order valence-corrected chi connectivity index (χ1v) is 10.4. The molecular formula is C20H16N4O2S2. The third-order valence-electron chi connectivity index (χ3n) is 4.21. The topological polar surface area (TPSA) is 81.8 Å². The molecule has 4 aromatic rings. The Balaban J connectivity index is 1.67. The van der Waals surface area contributed by atoms with Gasteiger partial charge in [-0.25, -0.2) is 4.98 Å². The molecule has 0 saturated heterocycles. The van der Waals surface area contributed by atoms with Crippen LogP contribution in [0, 0.1) is 24.0 Å². The van der Waals surface area contributed by atoms with Crippen molar-refractivity contribution >= 4 is 39.0 Å². The zero-order chi connectivity index (χ0) is 19.7. The molecule has 2 aromatic carbocycles. The van der Waals surface area contributed by atoms with Crippen LogP contribution in [-0.4, -0.2) is 20.1 Å². The lowest BCUT2D eigenvalue weighted by atomic mass is 10.1. The van der Waals surface area contributed by atoms with Gasteiger partial charge < -0.3 is 0 Å². The molecular weight excluding hydrogens is 392 g/mol. The lowest BCUT2D eigenvalue weighted by molar-refractivity contribution is -0.384. The van der Waals surface area contributed by atoms with Gasteiger partial charge in [-0.05, 0) is 19.4 Å². The quantitative estimate of drug-likeness (QED) is 0.244. The van der Waals surface area contributed by atoms with Crippen molar-refractivity contribution < 1.29 is 4.92 Å².